The van der Waals surface area contributed by atoms with Gasteiger partial charge in [0.15, 0.2) is 0 Å². The van der Waals surface area contributed by atoms with Crippen molar-refractivity contribution >= 4 is 0 Å². The van der Waals surface area contributed by atoms with Crippen LogP contribution in [0.1, 0.15) is 32.1 Å². The van der Waals surface area contributed by atoms with Gasteiger partial charge in [-0.05, 0) is 56.1 Å². The molecule has 2 nitrogen and oxygen atoms in total. The van der Waals surface area contributed by atoms with Gasteiger partial charge in [-0.2, -0.15) is 0 Å². The first-order valence-electron chi connectivity index (χ1n) is 4.95. The Kier molecular flexibility index (Phi) is 4.44. The second-order valence-corrected chi connectivity index (χ2v) is 3.79. The van der Waals surface area contributed by atoms with E-state index in [1.54, 1.807) is 0 Å². The van der Waals surface area contributed by atoms with Crippen molar-refractivity contribution in [3.05, 3.63) is 24.7 Å². The molecule has 0 amide bonds. The molecule has 1 saturated carbocycles. The van der Waals surface area contributed by atoms with Gasteiger partial charge < -0.3 is 10.2 Å². The molecule has 1 aliphatic carbocycles. The topological polar surface area (TPSA) is 40.5 Å². The highest BCUT2D eigenvalue weighted by Gasteiger charge is 2.22. The number of hydrogen-bond donors (Lipinski definition) is 2. The third kappa shape index (κ3) is 3.53. The van der Waals surface area contributed by atoms with E-state index in [9.17, 15) is 0 Å². The predicted molar refractivity (Wildman–Crippen MR) is 53.6 cm³/mol. The van der Waals surface area contributed by atoms with E-state index >= 15 is 0 Å². The second kappa shape index (κ2) is 5.68. The van der Waals surface area contributed by atoms with E-state index in [0.29, 0.717) is 0 Å². The van der Waals surface area contributed by atoms with Crippen LogP contribution < -0.4 is 0 Å². The molecule has 0 saturated heterocycles. The van der Waals surface area contributed by atoms with Crippen molar-refractivity contribution in [2.75, 3.05) is 0 Å². The minimum Gasteiger partial charge on any atom is -0.516 e. The first-order valence-corrected chi connectivity index (χ1v) is 4.95. The largest absolute Gasteiger partial charge is 0.516 e. The summed E-state index contributed by atoms with van der Waals surface area (Å²) in [6.07, 6.45) is 11.7. The number of aliphatic hydroxyl groups excluding tert-OH is 2. The van der Waals surface area contributed by atoms with Crippen LogP contribution in [0.25, 0.3) is 0 Å². The van der Waals surface area contributed by atoms with Crippen LogP contribution in [0.3, 0.4) is 0 Å². The lowest BCUT2D eigenvalue weighted by Crippen LogP contribution is -1.94. The minimum atomic E-state index is 0.737. The van der Waals surface area contributed by atoms with E-state index in [1.165, 1.54) is 19.3 Å². The fraction of sp³-hybridized carbons (Fsp3) is 0.636. The summed E-state index contributed by atoms with van der Waals surface area (Å²) in [6, 6.07) is 0. The van der Waals surface area contributed by atoms with Crippen molar-refractivity contribution in [3.63, 3.8) is 0 Å². The molecule has 2 N–H and O–H groups in total. The number of allylic oxidation sites excluding steroid dienone is 2. The zero-order valence-corrected chi connectivity index (χ0v) is 7.89. The summed E-state index contributed by atoms with van der Waals surface area (Å²) in [6.45, 7) is 0. The van der Waals surface area contributed by atoms with Gasteiger partial charge in [-0.25, -0.2) is 0 Å². The van der Waals surface area contributed by atoms with Crippen molar-refractivity contribution in [2.45, 2.75) is 32.1 Å². The van der Waals surface area contributed by atoms with Crippen molar-refractivity contribution in [2.24, 2.45) is 11.8 Å². The maximum Gasteiger partial charge on any atom is 0.0751 e. The molecule has 0 heterocycles. The van der Waals surface area contributed by atoms with Gasteiger partial charge in [-0.1, -0.05) is 0 Å². The number of rotatable bonds is 4. The fourth-order valence-corrected chi connectivity index (χ4v) is 2.11. The Morgan fingerprint density at radius 1 is 0.923 bits per heavy atom. The molecule has 74 valence electrons. The number of hydrogen-bond acceptors (Lipinski definition) is 2. The molecule has 2 heteroatoms. The van der Waals surface area contributed by atoms with Crippen LogP contribution in [0.4, 0.5) is 0 Å². The van der Waals surface area contributed by atoms with Gasteiger partial charge in [-0.3, -0.25) is 0 Å². The summed E-state index contributed by atoms with van der Waals surface area (Å²) < 4.78 is 0. The summed E-state index contributed by atoms with van der Waals surface area (Å²) in [7, 11) is 0. The molecule has 0 radical (unpaired) electrons. The van der Waals surface area contributed by atoms with Crippen molar-refractivity contribution in [1.82, 2.24) is 0 Å². The standard InChI is InChI=1S/C11H18O2/c12-7-1-3-10-5-6-11(9-10)4-2-8-13/h1-2,7-8,10-13H,3-6,9H2. The van der Waals surface area contributed by atoms with E-state index in [2.05, 4.69) is 0 Å². The molecule has 13 heavy (non-hydrogen) atoms. The summed E-state index contributed by atoms with van der Waals surface area (Å²) >= 11 is 0. The average Bonchev–Trinajstić information content (AvgIpc) is 2.59. The SMILES string of the molecule is OC=CCC1CCC(CC=CO)C1. The summed E-state index contributed by atoms with van der Waals surface area (Å²) in [5.41, 5.74) is 0. The van der Waals surface area contributed by atoms with E-state index in [1.807, 2.05) is 12.2 Å². The highest BCUT2D eigenvalue weighted by Crippen LogP contribution is 2.35. The summed E-state index contributed by atoms with van der Waals surface area (Å²) in [4.78, 5) is 0. The third-order valence-corrected chi connectivity index (χ3v) is 2.80. The smallest absolute Gasteiger partial charge is 0.0751 e. The van der Waals surface area contributed by atoms with Gasteiger partial charge in [0.2, 0.25) is 0 Å². The van der Waals surface area contributed by atoms with Gasteiger partial charge in [0, 0.05) is 0 Å². The normalized spacial score (nSPS) is 29.2. The van der Waals surface area contributed by atoms with Crippen LogP contribution in [-0.2, 0) is 0 Å². The van der Waals surface area contributed by atoms with Crippen LogP contribution in [0.2, 0.25) is 0 Å². The van der Waals surface area contributed by atoms with Crippen molar-refractivity contribution in [1.29, 1.82) is 0 Å². The zero-order chi connectivity index (χ0) is 9.52. The highest BCUT2D eigenvalue weighted by molar-refractivity contribution is 4.86. The molecular weight excluding hydrogens is 164 g/mol. The summed E-state index contributed by atoms with van der Waals surface area (Å²) in [5, 5.41) is 17.0. The Morgan fingerprint density at radius 2 is 1.38 bits per heavy atom. The van der Waals surface area contributed by atoms with E-state index in [0.717, 1.165) is 37.2 Å². The first kappa shape index (κ1) is 10.2. The highest BCUT2D eigenvalue weighted by atomic mass is 16.2. The minimum absolute atomic E-state index is 0.737. The summed E-state index contributed by atoms with van der Waals surface area (Å²) in [5.74, 6) is 1.47. The molecule has 1 fully saturated rings. The molecule has 1 rings (SSSR count). The van der Waals surface area contributed by atoms with Crippen LogP contribution in [0, 0.1) is 11.8 Å². The Hall–Kier alpha value is -0.920. The molecule has 0 bridgehead atoms. The Bertz CT molecular complexity index is 165. The average molecular weight is 182 g/mol. The third-order valence-electron chi connectivity index (χ3n) is 2.80. The van der Waals surface area contributed by atoms with Gasteiger partial charge in [0.05, 0.1) is 12.5 Å². The second-order valence-electron chi connectivity index (χ2n) is 3.79. The maximum atomic E-state index is 8.51. The van der Waals surface area contributed by atoms with E-state index in [4.69, 9.17) is 10.2 Å². The first-order chi connectivity index (χ1) is 6.36. The van der Waals surface area contributed by atoms with Crippen LogP contribution >= 0.6 is 0 Å². The zero-order valence-electron chi connectivity index (χ0n) is 7.89. The predicted octanol–water partition coefficient (Wildman–Crippen LogP) is 3.33. The van der Waals surface area contributed by atoms with Gasteiger partial charge in [0.25, 0.3) is 0 Å². The lowest BCUT2D eigenvalue weighted by Gasteiger charge is -2.06. The Morgan fingerprint density at radius 3 is 1.77 bits per heavy atom. The molecule has 0 aromatic rings. The molecule has 1 aliphatic rings. The molecule has 2 unspecified atom stereocenters. The lowest BCUT2D eigenvalue weighted by molar-refractivity contribution is 0.452. The molecule has 2 atom stereocenters. The molecule has 0 aliphatic heterocycles. The van der Waals surface area contributed by atoms with Gasteiger partial charge in [0.1, 0.15) is 0 Å². The quantitative estimate of drug-likeness (QED) is 0.655. The molecule has 0 spiro atoms. The van der Waals surface area contributed by atoms with Gasteiger partial charge in [-0.15, -0.1) is 0 Å². The van der Waals surface area contributed by atoms with Crippen molar-refractivity contribution in [3.8, 4) is 0 Å². The van der Waals surface area contributed by atoms with Crippen LogP contribution in [0.15, 0.2) is 24.7 Å². The van der Waals surface area contributed by atoms with E-state index in [-0.39, 0.29) is 0 Å². The van der Waals surface area contributed by atoms with Crippen molar-refractivity contribution < 1.29 is 10.2 Å². The maximum absolute atomic E-state index is 8.51. The van der Waals surface area contributed by atoms with Crippen LogP contribution in [-0.4, -0.2) is 10.2 Å². The fourth-order valence-electron chi connectivity index (χ4n) is 2.11. The van der Waals surface area contributed by atoms with Crippen LogP contribution in [0.5, 0.6) is 0 Å². The lowest BCUT2D eigenvalue weighted by atomic mass is 10.00. The van der Waals surface area contributed by atoms with Gasteiger partial charge >= 0.3 is 0 Å². The number of aliphatic hydroxyl groups is 2. The molecular formula is C11H18O2. The van der Waals surface area contributed by atoms with E-state index < -0.39 is 0 Å². The monoisotopic (exact) mass is 182 g/mol. The Labute approximate surface area is 79.6 Å². The Balaban J connectivity index is 2.19. The molecule has 0 aromatic heterocycles. The molecule has 0 aromatic carbocycles.